The van der Waals surface area contributed by atoms with E-state index < -0.39 is 54.2 Å². The maximum atomic E-state index is 14.8. The van der Waals surface area contributed by atoms with Crippen molar-refractivity contribution in [1.82, 2.24) is 20.1 Å². The summed E-state index contributed by atoms with van der Waals surface area (Å²) in [5, 5.41) is 23.7. The van der Waals surface area contributed by atoms with Gasteiger partial charge in [-0.15, -0.1) is 0 Å². The topological polar surface area (TPSA) is 176 Å². The summed E-state index contributed by atoms with van der Waals surface area (Å²) < 4.78 is 25.9. The third kappa shape index (κ3) is 7.86. The van der Waals surface area contributed by atoms with Crippen LogP contribution in [0, 0.1) is 12.7 Å². The number of nitrogens with zero attached hydrogens (tertiary/aromatic N) is 3. The van der Waals surface area contributed by atoms with Gasteiger partial charge >= 0.3 is 18.0 Å². The summed E-state index contributed by atoms with van der Waals surface area (Å²) in [6.07, 6.45) is -2.73. The van der Waals surface area contributed by atoms with Gasteiger partial charge in [-0.2, -0.15) is 0 Å². The van der Waals surface area contributed by atoms with Gasteiger partial charge in [-0.1, -0.05) is 42.5 Å². The summed E-state index contributed by atoms with van der Waals surface area (Å²) in [6, 6.07) is 14.7. The maximum absolute atomic E-state index is 14.8. The lowest BCUT2D eigenvalue weighted by molar-refractivity contribution is -0.145. The molecule has 14 heteroatoms. The molecule has 0 aliphatic carbocycles. The van der Waals surface area contributed by atoms with Crippen molar-refractivity contribution in [3.8, 4) is 5.75 Å². The molecule has 1 fully saturated rings. The number of hydrogen-bond donors (Lipinski definition) is 3. The largest absolute Gasteiger partial charge is 0.481 e. The van der Waals surface area contributed by atoms with E-state index in [4.69, 9.17) is 9.47 Å². The van der Waals surface area contributed by atoms with Gasteiger partial charge in [0.05, 0.1) is 12.1 Å². The molecule has 3 amide bonds. The Morgan fingerprint density at radius 1 is 0.939 bits per heavy atom. The van der Waals surface area contributed by atoms with Gasteiger partial charge in [0.1, 0.15) is 23.3 Å². The molecule has 3 N–H and O–H groups in total. The zero-order chi connectivity index (χ0) is 35.2. The number of pyridine rings is 1. The molecule has 2 atom stereocenters. The van der Waals surface area contributed by atoms with Crippen LogP contribution in [0.25, 0.3) is 21.7 Å². The van der Waals surface area contributed by atoms with Gasteiger partial charge in [-0.05, 0) is 48.7 Å². The van der Waals surface area contributed by atoms with Crippen molar-refractivity contribution in [2.75, 3.05) is 32.8 Å². The molecular formula is C35H35FN4O9. The number of rotatable bonds is 11. The minimum absolute atomic E-state index is 0.115. The Kier molecular flexibility index (Phi) is 10.5. The molecule has 1 aromatic heterocycles. The first-order valence-electron chi connectivity index (χ1n) is 15.7. The van der Waals surface area contributed by atoms with Crippen molar-refractivity contribution in [1.29, 1.82) is 0 Å². The van der Waals surface area contributed by atoms with Crippen LogP contribution in [0.5, 0.6) is 5.75 Å². The SMILES string of the molecule is CCOC(=O)N1CCN(C(=O)[C@H](CCC(=O)O)NC(=O)c2cc(OC(C(=O)O)c3cccc4ccccc34)c3cc(F)c(C)cc3n2)CC1. The zero-order valence-electron chi connectivity index (χ0n) is 26.8. The molecule has 1 aliphatic heterocycles. The molecule has 2 heterocycles. The lowest BCUT2D eigenvalue weighted by atomic mass is 10.00. The van der Waals surface area contributed by atoms with E-state index in [1.54, 1.807) is 31.2 Å². The van der Waals surface area contributed by atoms with Gasteiger partial charge in [0.15, 0.2) is 0 Å². The first-order chi connectivity index (χ1) is 23.5. The number of aliphatic carboxylic acids is 2. The molecule has 49 heavy (non-hydrogen) atoms. The number of hydrogen-bond acceptors (Lipinski definition) is 8. The number of carbonyl (C=O) groups is 5. The average molecular weight is 675 g/mol. The van der Waals surface area contributed by atoms with Crippen LogP contribution in [0.2, 0.25) is 0 Å². The number of fused-ring (bicyclic) bond motifs is 2. The zero-order valence-corrected chi connectivity index (χ0v) is 26.8. The number of carboxylic acid groups (broad SMARTS) is 2. The normalized spacial score (nSPS) is 14.3. The molecule has 0 bridgehead atoms. The molecule has 4 aromatic rings. The Labute approximate surface area is 280 Å². The highest BCUT2D eigenvalue weighted by molar-refractivity contribution is 6.00. The van der Waals surface area contributed by atoms with Crippen LogP contribution < -0.4 is 10.1 Å². The first kappa shape index (κ1) is 34.5. The fraction of sp³-hybridized carbons (Fsp3) is 0.314. The van der Waals surface area contributed by atoms with Crippen molar-refractivity contribution in [2.45, 2.75) is 38.8 Å². The van der Waals surface area contributed by atoms with Crippen LogP contribution in [-0.4, -0.2) is 93.7 Å². The summed E-state index contributed by atoms with van der Waals surface area (Å²) in [5.41, 5.74) is 0.406. The van der Waals surface area contributed by atoms with Crippen molar-refractivity contribution >= 4 is 51.5 Å². The lowest BCUT2D eigenvalue weighted by Gasteiger charge is -2.35. The van der Waals surface area contributed by atoms with Crippen molar-refractivity contribution in [3.63, 3.8) is 0 Å². The Morgan fingerprint density at radius 2 is 1.63 bits per heavy atom. The van der Waals surface area contributed by atoms with Gasteiger partial charge < -0.3 is 34.8 Å². The Bertz CT molecular complexity index is 1920. The fourth-order valence-electron chi connectivity index (χ4n) is 5.69. The molecule has 3 aromatic carbocycles. The highest BCUT2D eigenvalue weighted by Crippen LogP contribution is 2.34. The Hall–Kier alpha value is -5.79. The summed E-state index contributed by atoms with van der Waals surface area (Å²) in [7, 11) is 0. The number of ether oxygens (including phenoxy) is 2. The van der Waals surface area contributed by atoms with Crippen molar-refractivity contribution < 1.29 is 48.0 Å². The Balaban J connectivity index is 1.46. The standard InChI is InChI=1S/C35H35FN4O9/c1-3-48-35(47)40-15-13-39(14-16-40)33(44)26(11-12-30(41)42)38-32(43)28-19-29(24-18-25(36)20(2)17-27(24)37-28)49-31(34(45)46)23-10-6-8-21-7-4-5-9-22(21)23/h4-10,17-19,26,31H,3,11-16H2,1-2H3,(H,38,43)(H,41,42)(H,45,46)/t26-,31?/m0/s1. The fourth-order valence-corrected chi connectivity index (χ4v) is 5.69. The summed E-state index contributed by atoms with van der Waals surface area (Å²) in [4.78, 5) is 70.7. The number of amides is 3. The molecule has 256 valence electrons. The van der Waals surface area contributed by atoms with Gasteiger partial charge in [0.2, 0.25) is 12.0 Å². The van der Waals surface area contributed by atoms with E-state index in [0.717, 1.165) is 11.5 Å². The summed E-state index contributed by atoms with van der Waals surface area (Å²) in [5.74, 6) is -4.66. The highest BCUT2D eigenvalue weighted by atomic mass is 19.1. The van der Waals surface area contributed by atoms with E-state index in [2.05, 4.69) is 10.3 Å². The molecule has 0 saturated carbocycles. The lowest BCUT2D eigenvalue weighted by Crippen LogP contribution is -2.56. The number of piperazine rings is 1. The summed E-state index contributed by atoms with van der Waals surface area (Å²) >= 11 is 0. The van der Waals surface area contributed by atoms with E-state index in [1.807, 2.05) is 18.2 Å². The monoisotopic (exact) mass is 674 g/mol. The second kappa shape index (κ2) is 15.0. The number of aryl methyl sites for hydroxylation is 1. The van der Waals surface area contributed by atoms with E-state index in [1.165, 1.54) is 28.9 Å². The number of aromatic nitrogens is 1. The molecule has 0 spiro atoms. The van der Waals surface area contributed by atoms with Crippen molar-refractivity contribution in [2.24, 2.45) is 0 Å². The van der Waals surface area contributed by atoms with Crippen LogP contribution in [0.1, 0.15) is 47.5 Å². The highest BCUT2D eigenvalue weighted by Gasteiger charge is 2.32. The predicted molar refractivity (Wildman–Crippen MR) is 175 cm³/mol. The van der Waals surface area contributed by atoms with Crippen LogP contribution >= 0.6 is 0 Å². The van der Waals surface area contributed by atoms with E-state index in [-0.39, 0.29) is 67.1 Å². The van der Waals surface area contributed by atoms with Crippen LogP contribution in [0.15, 0.2) is 60.7 Å². The van der Waals surface area contributed by atoms with Gasteiger partial charge in [-0.25, -0.2) is 19.0 Å². The number of benzene rings is 3. The third-order valence-corrected chi connectivity index (χ3v) is 8.23. The minimum atomic E-state index is -1.56. The summed E-state index contributed by atoms with van der Waals surface area (Å²) in [6.45, 7) is 4.04. The van der Waals surface area contributed by atoms with Crippen LogP contribution in [-0.2, 0) is 19.1 Å². The maximum Gasteiger partial charge on any atom is 0.409 e. The molecular weight excluding hydrogens is 639 g/mol. The third-order valence-electron chi connectivity index (χ3n) is 8.23. The number of nitrogens with one attached hydrogen (secondary N) is 1. The van der Waals surface area contributed by atoms with Gasteiger partial charge in [0, 0.05) is 49.6 Å². The Morgan fingerprint density at radius 3 is 2.33 bits per heavy atom. The number of carboxylic acids is 2. The molecule has 13 nitrogen and oxygen atoms in total. The molecule has 1 saturated heterocycles. The predicted octanol–water partition coefficient (Wildman–Crippen LogP) is 4.30. The molecule has 1 aliphatic rings. The smallest absolute Gasteiger partial charge is 0.409 e. The molecule has 5 rings (SSSR count). The van der Waals surface area contributed by atoms with E-state index in [9.17, 15) is 38.6 Å². The first-order valence-corrected chi connectivity index (χ1v) is 15.7. The van der Waals surface area contributed by atoms with Gasteiger partial charge in [-0.3, -0.25) is 14.4 Å². The van der Waals surface area contributed by atoms with Crippen LogP contribution in [0.3, 0.4) is 0 Å². The molecule has 1 unspecified atom stereocenters. The molecule has 0 radical (unpaired) electrons. The van der Waals surface area contributed by atoms with Crippen LogP contribution in [0.4, 0.5) is 9.18 Å². The second-order valence-electron chi connectivity index (χ2n) is 11.5. The van der Waals surface area contributed by atoms with E-state index in [0.29, 0.717) is 10.9 Å². The van der Waals surface area contributed by atoms with Gasteiger partial charge in [0.25, 0.3) is 5.91 Å². The second-order valence-corrected chi connectivity index (χ2v) is 11.5. The number of carbonyl (C=O) groups excluding carboxylic acids is 3. The average Bonchev–Trinajstić information content (AvgIpc) is 3.08. The van der Waals surface area contributed by atoms with E-state index >= 15 is 0 Å². The quantitative estimate of drug-likeness (QED) is 0.208. The number of halogens is 1. The van der Waals surface area contributed by atoms with Crippen molar-refractivity contribution in [3.05, 3.63) is 83.3 Å². The minimum Gasteiger partial charge on any atom is -0.481 e.